The summed E-state index contributed by atoms with van der Waals surface area (Å²) >= 11 is 0. The van der Waals surface area contributed by atoms with Gasteiger partial charge in [-0.25, -0.2) is 9.59 Å². The second-order valence-corrected chi connectivity index (χ2v) is 6.58. The third kappa shape index (κ3) is 4.82. The quantitative estimate of drug-likeness (QED) is 0.621. The lowest BCUT2D eigenvalue weighted by Gasteiger charge is -2.16. The first-order valence-electron chi connectivity index (χ1n) is 9.12. The van der Waals surface area contributed by atoms with Gasteiger partial charge in [-0.1, -0.05) is 48.5 Å². The Kier molecular flexibility index (Phi) is 6.29. The first-order chi connectivity index (χ1) is 14.0. The molecule has 7 nitrogen and oxygen atoms in total. The number of hydrogen-bond donors (Lipinski definition) is 1. The molecular weight excluding hydrogens is 372 g/mol. The standard InChI is InChI=1S/C22H22N2O5/c1-24-13-17(16-10-6-7-11-19(16)24)21(26)29-14-20(25)23-18(22(27)28-2)12-15-8-4-3-5-9-15/h3-11,13,18H,12,14H2,1-2H3,(H,23,25). The molecule has 0 saturated heterocycles. The van der Waals surface area contributed by atoms with Crippen molar-refractivity contribution < 1.29 is 23.9 Å². The molecule has 0 aliphatic rings. The number of nitrogens with one attached hydrogen (secondary N) is 1. The van der Waals surface area contributed by atoms with E-state index in [1.807, 2.05) is 66.2 Å². The maximum Gasteiger partial charge on any atom is 0.340 e. The van der Waals surface area contributed by atoms with Crippen molar-refractivity contribution in [3.05, 3.63) is 71.9 Å². The smallest absolute Gasteiger partial charge is 0.340 e. The highest BCUT2D eigenvalue weighted by Crippen LogP contribution is 2.20. The van der Waals surface area contributed by atoms with Crippen LogP contribution in [0.25, 0.3) is 10.9 Å². The summed E-state index contributed by atoms with van der Waals surface area (Å²) in [5.41, 5.74) is 2.14. The number of fused-ring (bicyclic) bond motifs is 1. The number of ether oxygens (including phenoxy) is 2. The number of methoxy groups -OCH3 is 1. The van der Waals surface area contributed by atoms with Gasteiger partial charge >= 0.3 is 11.9 Å². The SMILES string of the molecule is COC(=O)C(Cc1ccccc1)NC(=O)COC(=O)c1cn(C)c2ccccc12. The van der Waals surface area contributed by atoms with Crippen molar-refractivity contribution in [1.82, 2.24) is 9.88 Å². The molecule has 1 N–H and O–H groups in total. The van der Waals surface area contributed by atoms with E-state index in [4.69, 9.17) is 9.47 Å². The maximum absolute atomic E-state index is 12.4. The van der Waals surface area contributed by atoms with Crippen molar-refractivity contribution in [3.8, 4) is 0 Å². The molecule has 0 saturated carbocycles. The zero-order valence-electron chi connectivity index (χ0n) is 16.3. The highest BCUT2D eigenvalue weighted by atomic mass is 16.5. The van der Waals surface area contributed by atoms with Crippen LogP contribution in [-0.2, 0) is 32.5 Å². The minimum Gasteiger partial charge on any atom is -0.467 e. The van der Waals surface area contributed by atoms with Crippen molar-refractivity contribution in [2.45, 2.75) is 12.5 Å². The predicted molar refractivity (Wildman–Crippen MR) is 107 cm³/mol. The number of nitrogens with zero attached hydrogens (tertiary/aromatic N) is 1. The van der Waals surface area contributed by atoms with E-state index < -0.39 is 30.5 Å². The van der Waals surface area contributed by atoms with Crippen LogP contribution in [0.2, 0.25) is 0 Å². The fraction of sp³-hybridized carbons (Fsp3) is 0.227. The van der Waals surface area contributed by atoms with Crippen LogP contribution in [0.3, 0.4) is 0 Å². The molecule has 1 heterocycles. The molecular formula is C22H22N2O5. The number of carbonyl (C=O) groups is 3. The lowest BCUT2D eigenvalue weighted by molar-refractivity contribution is -0.145. The van der Waals surface area contributed by atoms with Crippen LogP contribution in [0, 0.1) is 0 Å². The Morgan fingerprint density at radius 3 is 2.45 bits per heavy atom. The Bertz CT molecular complexity index is 1030. The largest absolute Gasteiger partial charge is 0.467 e. The van der Waals surface area contributed by atoms with Gasteiger partial charge in [0, 0.05) is 30.6 Å². The van der Waals surface area contributed by atoms with Crippen LogP contribution in [0.1, 0.15) is 15.9 Å². The molecule has 2 aromatic carbocycles. The lowest BCUT2D eigenvalue weighted by atomic mass is 10.1. The maximum atomic E-state index is 12.4. The molecule has 3 rings (SSSR count). The van der Waals surface area contributed by atoms with Gasteiger partial charge in [0.1, 0.15) is 6.04 Å². The molecule has 0 fully saturated rings. The number of carbonyl (C=O) groups excluding carboxylic acids is 3. The summed E-state index contributed by atoms with van der Waals surface area (Å²) < 4.78 is 11.7. The molecule has 3 aromatic rings. The Labute approximate surface area is 168 Å². The zero-order chi connectivity index (χ0) is 20.8. The number of aryl methyl sites for hydroxylation is 1. The first kappa shape index (κ1) is 20.1. The van der Waals surface area contributed by atoms with E-state index in [-0.39, 0.29) is 6.42 Å². The molecule has 0 bridgehead atoms. The number of esters is 2. The van der Waals surface area contributed by atoms with Gasteiger partial charge in [-0.2, -0.15) is 0 Å². The van der Waals surface area contributed by atoms with Crippen molar-refractivity contribution in [1.29, 1.82) is 0 Å². The van der Waals surface area contributed by atoms with E-state index in [9.17, 15) is 14.4 Å². The first-order valence-corrected chi connectivity index (χ1v) is 9.12. The molecule has 0 aliphatic heterocycles. The molecule has 0 spiro atoms. The predicted octanol–water partition coefficient (Wildman–Crippen LogP) is 2.24. The average molecular weight is 394 g/mol. The molecule has 0 aliphatic carbocycles. The van der Waals surface area contributed by atoms with Crippen molar-refractivity contribution in [2.75, 3.05) is 13.7 Å². The second-order valence-electron chi connectivity index (χ2n) is 6.58. The van der Waals surface area contributed by atoms with E-state index >= 15 is 0 Å². The third-order valence-corrected chi connectivity index (χ3v) is 4.55. The molecule has 1 amide bonds. The Balaban J connectivity index is 1.62. The van der Waals surface area contributed by atoms with Gasteiger partial charge in [-0.3, -0.25) is 4.79 Å². The summed E-state index contributed by atoms with van der Waals surface area (Å²) in [6.07, 6.45) is 1.94. The summed E-state index contributed by atoms with van der Waals surface area (Å²) in [6.45, 7) is -0.496. The Hall–Kier alpha value is -3.61. The van der Waals surface area contributed by atoms with Gasteiger partial charge in [-0.15, -0.1) is 0 Å². The molecule has 1 aromatic heterocycles. The topological polar surface area (TPSA) is 86.6 Å². The van der Waals surface area contributed by atoms with Crippen LogP contribution in [0.15, 0.2) is 60.8 Å². The van der Waals surface area contributed by atoms with Crippen LogP contribution in [0.4, 0.5) is 0 Å². The normalized spacial score (nSPS) is 11.7. The Morgan fingerprint density at radius 1 is 1.03 bits per heavy atom. The number of amides is 1. The molecule has 1 unspecified atom stereocenters. The molecule has 29 heavy (non-hydrogen) atoms. The van der Waals surface area contributed by atoms with E-state index in [0.29, 0.717) is 5.56 Å². The summed E-state index contributed by atoms with van der Waals surface area (Å²) in [6, 6.07) is 15.8. The van der Waals surface area contributed by atoms with Gasteiger partial charge < -0.3 is 19.4 Å². The van der Waals surface area contributed by atoms with Crippen molar-refractivity contribution in [2.24, 2.45) is 7.05 Å². The summed E-state index contributed by atoms with van der Waals surface area (Å²) in [5.74, 6) is -1.75. The van der Waals surface area contributed by atoms with Crippen LogP contribution >= 0.6 is 0 Å². The fourth-order valence-corrected chi connectivity index (χ4v) is 3.13. The third-order valence-electron chi connectivity index (χ3n) is 4.55. The summed E-state index contributed by atoms with van der Waals surface area (Å²) in [7, 11) is 3.09. The van der Waals surface area contributed by atoms with E-state index in [2.05, 4.69) is 5.32 Å². The van der Waals surface area contributed by atoms with Crippen molar-refractivity contribution >= 4 is 28.7 Å². The number of hydrogen-bond acceptors (Lipinski definition) is 5. The number of benzene rings is 2. The molecule has 150 valence electrons. The minimum atomic E-state index is -0.869. The number of aromatic nitrogens is 1. The van der Waals surface area contributed by atoms with Crippen LogP contribution in [-0.4, -0.2) is 42.2 Å². The Morgan fingerprint density at radius 2 is 1.72 bits per heavy atom. The minimum absolute atomic E-state index is 0.274. The fourth-order valence-electron chi connectivity index (χ4n) is 3.13. The highest BCUT2D eigenvalue weighted by Gasteiger charge is 2.23. The van der Waals surface area contributed by atoms with Gasteiger partial charge in [0.15, 0.2) is 6.61 Å². The van der Waals surface area contributed by atoms with Gasteiger partial charge in [0.25, 0.3) is 5.91 Å². The van der Waals surface area contributed by atoms with E-state index in [1.165, 1.54) is 7.11 Å². The average Bonchev–Trinajstić information content (AvgIpc) is 3.08. The van der Waals surface area contributed by atoms with Crippen LogP contribution in [0.5, 0.6) is 0 Å². The molecule has 7 heteroatoms. The van der Waals surface area contributed by atoms with E-state index in [0.717, 1.165) is 16.5 Å². The van der Waals surface area contributed by atoms with Gasteiger partial charge in [0.05, 0.1) is 12.7 Å². The van der Waals surface area contributed by atoms with E-state index in [1.54, 1.807) is 6.20 Å². The molecule has 1 atom stereocenters. The van der Waals surface area contributed by atoms with Crippen molar-refractivity contribution in [3.63, 3.8) is 0 Å². The second kappa shape index (κ2) is 9.05. The van der Waals surface area contributed by atoms with Gasteiger partial charge in [-0.05, 0) is 11.6 Å². The lowest BCUT2D eigenvalue weighted by Crippen LogP contribution is -2.44. The number of para-hydroxylation sites is 1. The number of rotatable bonds is 7. The summed E-state index contributed by atoms with van der Waals surface area (Å²) in [5, 5.41) is 3.32. The zero-order valence-corrected chi connectivity index (χ0v) is 16.3. The summed E-state index contributed by atoms with van der Waals surface area (Å²) in [4.78, 5) is 36.7. The van der Waals surface area contributed by atoms with Gasteiger partial charge in [0.2, 0.25) is 0 Å². The van der Waals surface area contributed by atoms with Crippen LogP contribution < -0.4 is 5.32 Å². The monoisotopic (exact) mass is 394 g/mol. The molecule has 0 radical (unpaired) electrons. The highest BCUT2D eigenvalue weighted by molar-refractivity contribution is 6.04.